The summed E-state index contributed by atoms with van der Waals surface area (Å²) >= 11 is 0. The molecule has 3 aromatic rings. The summed E-state index contributed by atoms with van der Waals surface area (Å²) in [4.78, 5) is 40.4. The highest BCUT2D eigenvalue weighted by molar-refractivity contribution is 5.87. The monoisotopic (exact) mass is 505 g/mol. The SMILES string of the molecule is COc1ccc2c(ccn2CCNC(=O)[C@H](NC(=O)N2C[C@H]3C[C@@H](C2)c2cccc(=O)n2C3)C(C)C)c1. The molecule has 1 aromatic carbocycles. The van der Waals surface area contributed by atoms with Gasteiger partial charge in [0.05, 0.1) is 7.11 Å². The predicted octanol–water partition coefficient (Wildman–Crippen LogP) is 2.78. The van der Waals surface area contributed by atoms with Crippen LogP contribution < -0.4 is 20.9 Å². The number of aromatic nitrogens is 2. The standard InChI is InChI=1S/C28H35N5O4/c1-18(2)26(27(35)29-10-12-31-11-9-20-14-22(37-3)7-8-23(20)31)30-28(36)32-15-19-13-21(17-32)24-5-4-6-25(34)33(24)16-19/h4-9,11,14,18-19,21,26H,10,12-13,15-17H2,1-3H3,(H,29,35)(H,30,36)/t19-,21+,26-/m1/s1. The summed E-state index contributed by atoms with van der Waals surface area (Å²) in [5, 5.41) is 7.06. The summed E-state index contributed by atoms with van der Waals surface area (Å²) in [6.07, 6.45) is 2.97. The number of hydrogen-bond donors (Lipinski definition) is 2. The van der Waals surface area contributed by atoms with Crippen LogP contribution in [0.3, 0.4) is 0 Å². The first kappa shape index (κ1) is 24.9. The van der Waals surface area contributed by atoms with Gasteiger partial charge in [0.1, 0.15) is 11.8 Å². The van der Waals surface area contributed by atoms with Gasteiger partial charge >= 0.3 is 6.03 Å². The van der Waals surface area contributed by atoms with Crippen LogP contribution in [-0.4, -0.2) is 58.8 Å². The van der Waals surface area contributed by atoms with Crippen molar-refractivity contribution in [3.8, 4) is 5.75 Å². The highest BCUT2D eigenvalue weighted by Crippen LogP contribution is 2.35. The summed E-state index contributed by atoms with van der Waals surface area (Å²) in [5.41, 5.74) is 2.09. The maximum Gasteiger partial charge on any atom is 0.318 e. The summed E-state index contributed by atoms with van der Waals surface area (Å²) < 4.78 is 9.23. The molecule has 0 radical (unpaired) electrons. The number of nitrogens with one attached hydrogen (secondary N) is 2. The predicted molar refractivity (Wildman–Crippen MR) is 142 cm³/mol. The number of methoxy groups -OCH3 is 1. The van der Waals surface area contributed by atoms with Crippen LogP contribution in [0.2, 0.25) is 0 Å². The van der Waals surface area contributed by atoms with Crippen LogP contribution in [0.5, 0.6) is 5.75 Å². The quantitative estimate of drug-likeness (QED) is 0.516. The van der Waals surface area contributed by atoms with Gasteiger partial charge in [-0.1, -0.05) is 19.9 Å². The number of carbonyl (C=O) groups is 2. The van der Waals surface area contributed by atoms with E-state index in [9.17, 15) is 14.4 Å². The van der Waals surface area contributed by atoms with Crippen molar-refractivity contribution in [3.05, 3.63) is 64.7 Å². The van der Waals surface area contributed by atoms with Crippen molar-refractivity contribution in [3.63, 3.8) is 0 Å². The Hall–Kier alpha value is -3.75. The molecule has 3 atom stereocenters. The molecule has 2 aromatic heterocycles. The molecule has 2 aliphatic heterocycles. The molecule has 4 heterocycles. The maximum atomic E-state index is 13.2. The minimum Gasteiger partial charge on any atom is -0.497 e. The zero-order valence-corrected chi connectivity index (χ0v) is 21.6. The number of fused-ring (bicyclic) bond motifs is 5. The molecule has 3 amide bonds. The van der Waals surface area contributed by atoms with E-state index in [0.717, 1.165) is 28.8 Å². The lowest BCUT2D eigenvalue weighted by atomic mass is 9.83. The van der Waals surface area contributed by atoms with Crippen molar-refractivity contribution < 1.29 is 14.3 Å². The van der Waals surface area contributed by atoms with Gasteiger partial charge in [-0.25, -0.2) is 4.79 Å². The number of ether oxygens (including phenoxy) is 1. The Labute approximate surface area is 216 Å². The van der Waals surface area contributed by atoms with Crippen molar-refractivity contribution >= 4 is 22.8 Å². The Bertz CT molecular complexity index is 1360. The summed E-state index contributed by atoms with van der Waals surface area (Å²) in [6.45, 7) is 6.70. The van der Waals surface area contributed by atoms with Crippen molar-refractivity contribution in [1.29, 1.82) is 0 Å². The molecule has 2 N–H and O–H groups in total. The first-order valence-corrected chi connectivity index (χ1v) is 13.0. The van der Waals surface area contributed by atoms with Gasteiger partial charge in [0.15, 0.2) is 0 Å². The number of piperidine rings is 1. The van der Waals surface area contributed by atoms with Crippen molar-refractivity contribution in [2.45, 2.75) is 45.3 Å². The van der Waals surface area contributed by atoms with E-state index in [-0.39, 0.29) is 35.3 Å². The van der Waals surface area contributed by atoms with Gasteiger partial charge in [-0.15, -0.1) is 0 Å². The molecule has 37 heavy (non-hydrogen) atoms. The second-order valence-corrected chi connectivity index (χ2v) is 10.5. The topological polar surface area (TPSA) is 97.6 Å². The number of carbonyl (C=O) groups excluding carboxylic acids is 2. The first-order chi connectivity index (χ1) is 17.8. The van der Waals surface area contributed by atoms with Crippen molar-refractivity contribution in [2.75, 3.05) is 26.7 Å². The molecule has 196 valence electrons. The lowest BCUT2D eigenvalue weighted by Gasteiger charge is -2.43. The van der Waals surface area contributed by atoms with E-state index in [1.165, 1.54) is 0 Å². The van der Waals surface area contributed by atoms with E-state index in [4.69, 9.17) is 4.74 Å². The van der Waals surface area contributed by atoms with Crippen LogP contribution in [0.15, 0.2) is 53.5 Å². The molecule has 2 bridgehead atoms. The van der Waals surface area contributed by atoms with Crippen molar-refractivity contribution in [1.82, 2.24) is 24.7 Å². The van der Waals surface area contributed by atoms with Crippen LogP contribution in [0.4, 0.5) is 4.79 Å². The molecule has 0 aliphatic carbocycles. The third-order valence-corrected chi connectivity index (χ3v) is 7.63. The zero-order chi connectivity index (χ0) is 26.1. The van der Waals surface area contributed by atoms with Gasteiger partial charge in [0.25, 0.3) is 5.56 Å². The van der Waals surface area contributed by atoms with Gasteiger partial charge in [0.2, 0.25) is 5.91 Å². The number of amides is 3. The number of likely N-dealkylation sites (tertiary alicyclic amines) is 1. The third kappa shape index (κ3) is 5.08. The fourth-order valence-electron chi connectivity index (χ4n) is 5.73. The smallest absolute Gasteiger partial charge is 0.318 e. The van der Waals surface area contributed by atoms with Gasteiger partial charge in [-0.3, -0.25) is 9.59 Å². The number of pyridine rings is 1. The van der Waals surface area contributed by atoms with E-state index in [1.807, 2.05) is 59.8 Å². The summed E-state index contributed by atoms with van der Waals surface area (Å²) in [7, 11) is 1.65. The third-order valence-electron chi connectivity index (χ3n) is 7.63. The van der Waals surface area contributed by atoms with Gasteiger partial charge in [-0.05, 0) is 48.6 Å². The van der Waals surface area contributed by atoms with Gasteiger partial charge in [-0.2, -0.15) is 0 Å². The number of urea groups is 1. The Balaban J connectivity index is 1.18. The Kier molecular flexibility index (Phi) is 6.95. The lowest BCUT2D eigenvalue weighted by Crippen LogP contribution is -2.57. The lowest BCUT2D eigenvalue weighted by molar-refractivity contribution is -0.124. The minimum absolute atomic E-state index is 0.0225. The first-order valence-electron chi connectivity index (χ1n) is 13.0. The molecular weight excluding hydrogens is 470 g/mol. The van der Waals surface area contributed by atoms with E-state index in [0.29, 0.717) is 32.7 Å². The number of nitrogens with zero attached hydrogens (tertiary/aromatic N) is 3. The van der Waals surface area contributed by atoms with Gasteiger partial charge in [0, 0.05) is 67.5 Å². The Morgan fingerprint density at radius 3 is 2.73 bits per heavy atom. The molecule has 1 saturated heterocycles. The molecule has 9 nitrogen and oxygen atoms in total. The second kappa shape index (κ2) is 10.3. The zero-order valence-electron chi connectivity index (χ0n) is 21.6. The van der Waals surface area contributed by atoms with Gasteiger partial charge < -0.3 is 29.4 Å². The van der Waals surface area contributed by atoms with Crippen LogP contribution in [-0.2, 0) is 17.9 Å². The maximum absolute atomic E-state index is 13.2. The molecule has 2 aliphatic rings. The molecule has 0 unspecified atom stereocenters. The largest absolute Gasteiger partial charge is 0.497 e. The Morgan fingerprint density at radius 2 is 1.95 bits per heavy atom. The number of hydrogen-bond acceptors (Lipinski definition) is 4. The molecular formula is C28H35N5O4. The number of rotatable bonds is 7. The van der Waals surface area contributed by atoms with Crippen LogP contribution >= 0.6 is 0 Å². The summed E-state index contributed by atoms with van der Waals surface area (Å²) in [5.74, 6) is 0.933. The molecule has 1 fully saturated rings. The van der Waals surface area contributed by atoms with E-state index in [2.05, 4.69) is 15.2 Å². The minimum atomic E-state index is -0.630. The van der Waals surface area contributed by atoms with E-state index < -0.39 is 6.04 Å². The molecule has 9 heteroatoms. The highest BCUT2D eigenvalue weighted by atomic mass is 16.5. The molecule has 5 rings (SSSR count). The average Bonchev–Trinajstić information content (AvgIpc) is 3.29. The second-order valence-electron chi connectivity index (χ2n) is 10.5. The fourth-order valence-corrected chi connectivity index (χ4v) is 5.73. The van der Waals surface area contributed by atoms with E-state index >= 15 is 0 Å². The highest BCUT2D eigenvalue weighted by Gasteiger charge is 2.37. The van der Waals surface area contributed by atoms with E-state index in [1.54, 1.807) is 19.2 Å². The van der Waals surface area contributed by atoms with Crippen molar-refractivity contribution in [2.24, 2.45) is 11.8 Å². The fraction of sp³-hybridized carbons (Fsp3) is 0.464. The molecule has 0 saturated carbocycles. The average molecular weight is 506 g/mol. The summed E-state index contributed by atoms with van der Waals surface area (Å²) in [6, 6.07) is 12.5. The van der Waals surface area contributed by atoms with Crippen LogP contribution in [0.25, 0.3) is 10.9 Å². The molecule has 0 spiro atoms. The number of benzene rings is 1. The Morgan fingerprint density at radius 1 is 1.11 bits per heavy atom. The normalized spacial score (nSPS) is 19.4. The van der Waals surface area contributed by atoms with Crippen LogP contribution in [0, 0.1) is 11.8 Å². The van der Waals surface area contributed by atoms with Crippen LogP contribution in [0.1, 0.15) is 31.9 Å².